The van der Waals surface area contributed by atoms with Crippen LogP contribution >= 0.6 is 0 Å². The second-order valence-electron chi connectivity index (χ2n) is 6.51. The van der Waals surface area contributed by atoms with E-state index in [9.17, 15) is 13.2 Å². The molecule has 0 radical (unpaired) electrons. The molecule has 4 rings (SSSR count). The van der Waals surface area contributed by atoms with Crippen LogP contribution in [0, 0.1) is 0 Å². The lowest BCUT2D eigenvalue weighted by Gasteiger charge is -2.23. The molecule has 0 saturated heterocycles. The first-order valence-corrected chi connectivity index (χ1v) is 8.62. The molecule has 5 nitrogen and oxygen atoms in total. The van der Waals surface area contributed by atoms with Gasteiger partial charge in [0.05, 0.1) is 5.69 Å². The van der Waals surface area contributed by atoms with Crippen LogP contribution in [0.25, 0.3) is 11.3 Å². The van der Waals surface area contributed by atoms with Gasteiger partial charge in [-0.3, -0.25) is 0 Å². The van der Waals surface area contributed by atoms with Gasteiger partial charge in [-0.15, -0.1) is 0 Å². The van der Waals surface area contributed by atoms with E-state index >= 15 is 0 Å². The minimum Gasteiger partial charge on any atom is -0.454 e. The smallest absolute Gasteiger partial charge is 0.433 e. The fraction of sp³-hybridized carbons (Fsp3) is 0.444. The maximum atomic E-state index is 13.3. The Hall–Kier alpha value is -2.51. The van der Waals surface area contributed by atoms with E-state index in [2.05, 4.69) is 15.3 Å². The predicted molar refractivity (Wildman–Crippen MR) is 89.1 cm³/mol. The molecule has 1 N–H and O–H groups in total. The molecule has 138 valence electrons. The molecule has 1 aliphatic heterocycles. The SMILES string of the molecule is FC(F)(F)c1cc(-c2ccc3c(c2)OCO3)nc(NC2CCCCC2)n1. The Labute approximate surface area is 148 Å². The lowest BCUT2D eigenvalue weighted by atomic mass is 9.96. The summed E-state index contributed by atoms with van der Waals surface area (Å²) in [5.74, 6) is 1.08. The number of anilines is 1. The molecule has 1 aromatic heterocycles. The Morgan fingerprint density at radius 3 is 2.50 bits per heavy atom. The molecule has 0 amide bonds. The highest BCUT2D eigenvalue weighted by molar-refractivity contribution is 5.65. The number of aromatic nitrogens is 2. The number of benzene rings is 1. The zero-order valence-electron chi connectivity index (χ0n) is 14.0. The molecule has 2 aliphatic rings. The summed E-state index contributed by atoms with van der Waals surface area (Å²) in [5, 5.41) is 3.08. The van der Waals surface area contributed by atoms with Gasteiger partial charge in [-0.2, -0.15) is 13.2 Å². The number of rotatable bonds is 3. The molecule has 8 heteroatoms. The molecular weight excluding hydrogens is 347 g/mol. The maximum absolute atomic E-state index is 13.3. The second-order valence-corrected chi connectivity index (χ2v) is 6.51. The van der Waals surface area contributed by atoms with Gasteiger partial charge in [-0.25, -0.2) is 9.97 Å². The van der Waals surface area contributed by atoms with Crippen molar-refractivity contribution >= 4 is 5.95 Å². The quantitative estimate of drug-likeness (QED) is 0.859. The van der Waals surface area contributed by atoms with Gasteiger partial charge in [-0.05, 0) is 37.1 Å². The molecule has 0 atom stereocenters. The number of ether oxygens (including phenoxy) is 2. The first-order valence-electron chi connectivity index (χ1n) is 8.62. The zero-order valence-corrected chi connectivity index (χ0v) is 14.0. The Balaban J connectivity index is 1.69. The fourth-order valence-electron chi connectivity index (χ4n) is 3.29. The topological polar surface area (TPSA) is 56.3 Å². The summed E-state index contributed by atoms with van der Waals surface area (Å²) in [7, 11) is 0. The van der Waals surface area contributed by atoms with E-state index in [1.54, 1.807) is 18.2 Å². The lowest BCUT2D eigenvalue weighted by molar-refractivity contribution is -0.141. The summed E-state index contributed by atoms with van der Waals surface area (Å²) in [6, 6.07) is 6.04. The van der Waals surface area contributed by atoms with Gasteiger partial charge in [0.15, 0.2) is 17.2 Å². The first-order chi connectivity index (χ1) is 12.5. The van der Waals surface area contributed by atoms with E-state index in [1.807, 2.05) is 0 Å². The average Bonchev–Trinajstić information content (AvgIpc) is 3.09. The summed E-state index contributed by atoms with van der Waals surface area (Å²) in [6.07, 6.45) is 0.566. The van der Waals surface area contributed by atoms with E-state index < -0.39 is 11.9 Å². The van der Waals surface area contributed by atoms with Crippen LogP contribution < -0.4 is 14.8 Å². The van der Waals surface area contributed by atoms with Gasteiger partial charge >= 0.3 is 6.18 Å². The Bertz CT molecular complexity index is 805. The van der Waals surface area contributed by atoms with Crippen molar-refractivity contribution in [1.82, 2.24) is 9.97 Å². The minimum absolute atomic E-state index is 0.0133. The van der Waals surface area contributed by atoms with Crippen LogP contribution in [-0.2, 0) is 6.18 Å². The molecule has 1 fully saturated rings. The first kappa shape index (κ1) is 16.9. The van der Waals surface area contributed by atoms with Gasteiger partial charge in [0, 0.05) is 11.6 Å². The Morgan fingerprint density at radius 2 is 1.73 bits per heavy atom. The van der Waals surface area contributed by atoms with E-state index in [0.29, 0.717) is 17.1 Å². The number of hydrogen-bond donors (Lipinski definition) is 1. The molecule has 1 aliphatic carbocycles. The van der Waals surface area contributed by atoms with Gasteiger partial charge < -0.3 is 14.8 Å². The van der Waals surface area contributed by atoms with E-state index in [0.717, 1.165) is 38.2 Å². The van der Waals surface area contributed by atoms with Gasteiger partial charge in [-0.1, -0.05) is 19.3 Å². The number of fused-ring (bicyclic) bond motifs is 1. The standard InChI is InChI=1S/C18H18F3N3O2/c19-18(20,21)16-9-13(11-6-7-14-15(8-11)26-10-25-14)23-17(24-16)22-12-4-2-1-3-5-12/h6-9,12H,1-5,10H2,(H,22,23,24). The third kappa shape index (κ3) is 3.54. The van der Waals surface area contributed by atoms with Crippen LogP contribution in [0.5, 0.6) is 11.5 Å². The lowest BCUT2D eigenvalue weighted by Crippen LogP contribution is -2.24. The maximum Gasteiger partial charge on any atom is 0.433 e. The van der Waals surface area contributed by atoms with Crippen molar-refractivity contribution in [3.05, 3.63) is 30.0 Å². The van der Waals surface area contributed by atoms with Gasteiger partial charge in [0.25, 0.3) is 0 Å². The van der Waals surface area contributed by atoms with Crippen LogP contribution in [-0.4, -0.2) is 22.8 Å². The summed E-state index contributed by atoms with van der Waals surface area (Å²) in [6.45, 7) is 0.102. The zero-order chi connectivity index (χ0) is 18.1. The van der Waals surface area contributed by atoms with Crippen LogP contribution in [0.15, 0.2) is 24.3 Å². The summed E-state index contributed by atoms with van der Waals surface area (Å²) < 4.78 is 50.4. The largest absolute Gasteiger partial charge is 0.454 e. The average molecular weight is 365 g/mol. The van der Waals surface area contributed by atoms with Crippen molar-refractivity contribution in [2.24, 2.45) is 0 Å². The minimum atomic E-state index is -4.54. The monoisotopic (exact) mass is 365 g/mol. The van der Waals surface area contributed by atoms with Crippen LogP contribution in [0.1, 0.15) is 37.8 Å². The molecule has 1 saturated carbocycles. The number of nitrogens with one attached hydrogen (secondary N) is 1. The van der Waals surface area contributed by atoms with E-state index in [4.69, 9.17) is 9.47 Å². The molecular formula is C18H18F3N3O2. The van der Waals surface area contributed by atoms with E-state index in [1.165, 1.54) is 0 Å². The number of alkyl halides is 3. The molecule has 26 heavy (non-hydrogen) atoms. The highest BCUT2D eigenvalue weighted by atomic mass is 19.4. The number of hydrogen-bond acceptors (Lipinski definition) is 5. The van der Waals surface area contributed by atoms with Crippen LogP contribution in [0.4, 0.5) is 19.1 Å². The van der Waals surface area contributed by atoms with Gasteiger partial charge in [0.1, 0.15) is 0 Å². The fourth-order valence-corrected chi connectivity index (χ4v) is 3.29. The highest BCUT2D eigenvalue weighted by Gasteiger charge is 2.34. The molecule has 2 heterocycles. The van der Waals surface area contributed by atoms with Crippen molar-refractivity contribution in [1.29, 1.82) is 0 Å². The van der Waals surface area contributed by atoms with Crippen molar-refractivity contribution in [2.45, 2.75) is 44.3 Å². The third-order valence-electron chi connectivity index (χ3n) is 4.62. The summed E-state index contributed by atoms with van der Waals surface area (Å²) >= 11 is 0. The molecule has 1 aromatic carbocycles. The van der Waals surface area contributed by atoms with Crippen molar-refractivity contribution in [2.75, 3.05) is 12.1 Å². The third-order valence-corrected chi connectivity index (χ3v) is 4.62. The molecule has 0 spiro atoms. The predicted octanol–water partition coefficient (Wildman–Crippen LogP) is 4.64. The second kappa shape index (κ2) is 6.66. The Kier molecular flexibility index (Phi) is 4.34. The number of halogens is 3. The van der Waals surface area contributed by atoms with Crippen molar-refractivity contribution in [3.63, 3.8) is 0 Å². The normalized spacial score (nSPS) is 17.3. The Morgan fingerprint density at radius 1 is 0.962 bits per heavy atom. The highest BCUT2D eigenvalue weighted by Crippen LogP contribution is 2.37. The van der Waals surface area contributed by atoms with Crippen LogP contribution in [0.2, 0.25) is 0 Å². The van der Waals surface area contributed by atoms with E-state index in [-0.39, 0.29) is 24.5 Å². The molecule has 0 bridgehead atoms. The summed E-state index contributed by atoms with van der Waals surface area (Å²) in [5.41, 5.74) is -0.240. The molecule has 0 unspecified atom stereocenters. The van der Waals surface area contributed by atoms with Crippen LogP contribution in [0.3, 0.4) is 0 Å². The molecule has 2 aromatic rings. The van der Waals surface area contributed by atoms with Crippen molar-refractivity contribution in [3.8, 4) is 22.8 Å². The van der Waals surface area contributed by atoms with Crippen molar-refractivity contribution < 1.29 is 22.6 Å². The van der Waals surface area contributed by atoms with Gasteiger partial charge in [0.2, 0.25) is 12.7 Å². The number of nitrogens with zero attached hydrogens (tertiary/aromatic N) is 2. The summed E-state index contributed by atoms with van der Waals surface area (Å²) in [4.78, 5) is 8.01.